The molecule has 0 heterocycles. The Bertz CT molecular complexity index is 280. The zero-order chi connectivity index (χ0) is 12.7. The van der Waals surface area contributed by atoms with Crippen LogP contribution in [0, 0.1) is 0 Å². The quantitative estimate of drug-likeness (QED) is 0.333. The highest BCUT2D eigenvalue weighted by atomic mass is 16.4. The highest BCUT2D eigenvalue weighted by Gasteiger charge is 2.20. The maximum Gasteiger partial charge on any atom is 0.328 e. The molecule has 0 bridgehead atoms. The van der Waals surface area contributed by atoms with Crippen LogP contribution >= 0.6 is 0 Å². The maximum atomic E-state index is 11.1. The monoisotopic (exact) mass is 234 g/mol. The van der Waals surface area contributed by atoms with E-state index >= 15 is 0 Å². The average Bonchev–Trinajstić information content (AvgIpc) is 2.21. The van der Waals surface area contributed by atoms with Gasteiger partial charge in [-0.2, -0.15) is 0 Å². The maximum absolute atomic E-state index is 11.1. The van der Waals surface area contributed by atoms with E-state index in [0.717, 1.165) is 0 Å². The summed E-state index contributed by atoms with van der Waals surface area (Å²) in [7, 11) is 0. The van der Waals surface area contributed by atoms with E-state index in [9.17, 15) is 14.4 Å². The van der Waals surface area contributed by atoms with Gasteiger partial charge in [-0.3, -0.25) is 9.59 Å². The number of hydrogen-bond acceptors (Lipinski definition) is 5. The number of amides is 1. The van der Waals surface area contributed by atoms with Crippen LogP contribution in [0.2, 0.25) is 0 Å². The molecule has 0 spiro atoms. The number of hydrogen-bond donors (Lipinski definition) is 5. The Hall–Kier alpha value is -1.67. The number of carbonyl (C=O) groups is 3. The zero-order valence-electron chi connectivity index (χ0n) is 8.42. The van der Waals surface area contributed by atoms with Crippen molar-refractivity contribution in [2.45, 2.75) is 24.9 Å². The molecule has 0 aromatic heterocycles. The molecule has 0 saturated carbocycles. The first kappa shape index (κ1) is 14.3. The van der Waals surface area contributed by atoms with Crippen molar-refractivity contribution in [2.24, 2.45) is 5.73 Å². The molecule has 0 unspecified atom stereocenters. The van der Waals surface area contributed by atoms with Gasteiger partial charge in [0.05, 0.1) is 6.61 Å². The SMILES string of the molecule is N[C@@H](CCC(=O)N[C@H](CO)C(=O)O)C(=O)O. The van der Waals surface area contributed by atoms with Crippen LogP contribution in [0.4, 0.5) is 0 Å². The summed E-state index contributed by atoms with van der Waals surface area (Å²) >= 11 is 0. The molecular weight excluding hydrogens is 220 g/mol. The third-order valence-corrected chi connectivity index (χ3v) is 1.82. The molecular formula is C8H14N2O6. The topological polar surface area (TPSA) is 150 Å². The van der Waals surface area contributed by atoms with Gasteiger partial charge in [0.1, 0.15) is 12.1 Å². The molecule has 16 heavy (non-hydrogen) atoms. The van der Waals surface area contributed by atoms with Gasteiger partial charge in [-0.15, -0.1) is 0 Å². The summed E-state index contributed by atoms with van der Waals surface area (Å²) in [4.78, 5) is 31.8. The van der Waals surface area contributed by atoms with E-state index in [1.165, 1.54) is 0 Å². The van der Waals surface area contributed by atoms with Crippen molar-refractivity contribution < 1.29 is 29.7 Å². The number of aliphatic carboxylic acids is 2. The Kier molecular flexibility index (Phi) is 6.04. The summed E-state index contributed by atoms with van der Waals surface area (Å²) in [5, 5.41) is 27.5. The lowest BCUT2D eigenvalue weighted by atomic mass is 10.1. The summed E-state index contributed by atoms with van der Waals surface area (Å²) in [6, 6.07) is -2.54. The fourth-order valence-corrected chi connectivity index (χ4v) is 0.862. The molecule has 0 aliphatic rings. The van der Waals surface area contributed by atoms with Crippen molar-refractivity contribution in [1.29, 1.82) is 0 Å². The van der Waals surface area contributed by atoms with Crippen molar-refractivity contribution in [2.75, 3.05) is 6.61 Å². The number of rotatable bonds is 7. The van der Waals surface area contributed by atoms with Gasteiger partial charge in [0, 0.05) is 6.42 Å². The van der Waals surface area contributed by atoms with Crippen molar-refractivity contribution >= 4 is 17.8 Å². The number of carboxylic acid groups (broad SMARTS) is 2. The lowest BCUT2D eigenvalue weighted by Gasteiger charge is -2.12. The number of aliphatic hydroxyl groups is 1. The molecule has 92 valence electrons. The smallest absolute Gasteiger partial charge is 0.328 e. The van der Waals surface area contributed by atoms with Crippen molar-refractivity contribution in [3.8, 4) is 0 Å². The minimum absolute atomic E-state index is 0.0983. The standard InChI is InChI=1S/C8H14N2O6/c9-4(7(13)14)1-2-6(12)10-5(3-11)8(15)16/h4-5,11H,1-3,9H2,(H,10,12)(H,13,14)(H,15,16)/t4-,5+/m0/s1. The number of carbonyl (C=O) groups excluding carboxylic acids is 1. The third kappa shape index (κ3) is 5.27. The van der Waals surface area contributed by atoms with Gasteiger partial charge >= 0.3 is 11.9 Å². The normalized spacial score (nSPS) is 13.9. The second kappa shape index (κ2) is 6.75. The van der Waals surface area contributed by atoms with Crippen LogP contribution in [0.1, 0.15) is 12.8 Å². The molecule has 1 amide bonds. The molecule has 0 radical (unpaired) electrons. The molecule has 0 aliphatic carbocycles. The van der Waals surface area contributed by atoms with E-state index in [0.29, 0.717) is 0 Å². The first-order chi connectivity index (χ1) is 7.38. The number of aliphatic hydroxyl groups excluding tert-OH is 1. The van der Waals surface area contributed by atoms with Crippen LogP contribution in [0.3, 0.4) is 0 Å². The molecule has 6 N–H and O–H groups in total. The molecule has 0 aliphatic heterocycles. The molecule has 0 aromatic carbocycles. The van der Waals surface area contributed by atoms with Crippen molar-refractivity contribution in [1.82, 2.24) is 5.32 Å². The lowest BCUT2D eigenvalue weighted by Crippen LogP contribution is -2.44. The number of nitrogens with one attached hydrogen (secondary N) is 1. The van der Waals surface area contributed by atoms with Crippen LogP contribution in [0.25, 0.3) is 0 Å². The van der Waals surface area contributed by atoms with Gasteiger partial charge in [-0.05, 0) is 6.42 Å². The Morgan fingerprint density at radius 2 is 1.75 bits per heavy atom. The Balaban J connectivity index is 3.99. The Labute approximate surface area is 91.1 Å². The molecule has 0 fully saturated rings. The van der Waals surface area contributed by atoms with E-state index in [2.05, 4.69) is 0 Å². The summed E-state index contributed by atoms with van der Waals surface area (Å²) < 4.78 is 0. The molecule has 0 aromatic rings. The van der Waals surface area contributed by atoms with Crippen LogP contribution in [-0.2, 0) is 14.4 Å². The average molecular weight is 234 g/mol. The second-order valence-electron chi connectivity index (χ2n) is 3.12. The van der Waals surface area contributed by atoms with Crippen LogP contribution in [-0.4, -0.2) is 51.9 Å². The van der Waals surface area contributed by atoms with Gasteiger partial charge < -0.3 is 26.4 Å². The predicted octanol–water partition coefficient (Wildman–Crippen LogP) is -2.26. The van der Waals surface area contributed by atoms with Gasteiger partial charge in [-0.25, -0.2) is 4.79 Å². The van der Waals surface area contributed by atoms with Crippen molar-refractivity contribution in [3.05, 3.63) is 0 Å². The molecule has 0 rings (SSSR count). The highest BCUT2D eigenvalue weighted by molar-refractivity contribution is 5.84. The molecule has 8 heteroatoms. The second-order valence-corrected chi connectivity index (χ2v) is 3.12. The van der Waals surface area contributed by atoms with Crippen molar-refractivity contribution in [3.63, 3.8) is 0 Å². The zero-order valence-corrected chi connectivity index (χ0v) is 8.42. The third-order valence-electron chi connectivity index (χ3n) is 1.82. The Morgan fingerprint density at radius 3 is 2.12 bits per heavy atom. The van der Waals surface area contributed by atoms with Crippen LogP contribution < -0.4 is 11.1 Å². The first-order valence-corrected chi connectivity index (χ1v) is 4.50. The van der Waals surface area contributed by atoms with E-state index in [1.54, 1.807) is 0 Å². The van der Waals surface area contributed by atoms with E-state index in [-0.39, 0.29) is 12.8 Å². The van der Waals surface area contributed by atoms with Gasteiger partial charge in [0.25, 0.3) is 0 Å². The molecule has 0 saturated heterocycles. The Morgan fingerprint density at radius 1 is 1.19 bits per heavy atom. The van der Waals surface area contributed by atoms with Crippen LogP contribution in [0.5, 0.6) is 0 Å². The predicted molar refractivity (Wildman–Crippen MR) is 51.5 cm³/mol. The lowest BCUT2D eigenvalue weighted by molar-refractivity contribution is -0.143. The first-order valence-electron chi connectivity index (χ1n) is 4.50. The van der Waals surface area contributed by atoms with Gasteiger partial charge in [-0.1, -0.05) is 0 Å². The van der Waals surface area contributed by atoms with E-state index < -0.39 is 36.5 Å². The van der Waals surface area contributed by atoms with E-state index in [4.69, 9.17) is 21.1 Å². The molecule has 2 atom stereocenters. The fraction of sp³-hybridized carbons (Fsp3) is 0.625. The minimum atomic E-state index is -1.38. The summed E-state index contributed by atoms with van der Waals surface area (Å²) in [5.74, 6) is -3.26. The summed E-state index contributed by atoms with van der Waals surface area (Å²) in [6.07, 6.45) is -0.309. The largest absolute Gasteiger partial charge is 0.480 e. The van der Waals surface area contributed by atoms with Crippen LogP contribution in [0.15, 0.2) is 0 Å². The number of nitrogens with two attached hydrogens (primary N) is 1. The highest BCUT2D eigenvalue weighted by Crippen LogP contribution is 1.95. The summed E-state index contributed by atoms with van der Waals surface area (Å²) in [6.45, 7) is -0.730. The minimum Gasteiger partial charge on any atom is -0.480 e. The van der Waals surface area contributed by atoms with Gasteiger partial charge in [0.2, 0.25) is 5.91 Å². The van der Waals surface area contributed by atoms with Gasteiger partial charge in [0.15, 0.2) is 0 Å². The van der Waals surface area contributed by atoms with E-state index in [1.807, 2.05) is 5.32 Å². The fourth-order valence-electron chi connectivity index (χ4n) is 0.862. The number of carboxylic acids is 2. The molecule has 8 nitrogen and oxygen atoms in total. The summed E-state index contributed by atoms with van der Waals surface area (Å²) in [5.41, 5.74) is 5.14.